The number of nitrogens with zero attached hydrogens (tertiary/aromatic N) is 4. The molecule has 3 aliphatic heterocycles. The SMILES string of the molecule is Cc1cccc(OC[C@@H]2CCCN2S(=O)(=O)c2ccc3c(c2)C(=O)C2=NCC(C)(C)CN23)n1. The van der Waals surface area contributed by atoms with Gasteiger partial charge >= 0.3 is 0 Å². The molecule has 0 radical (unpaired) electrons. The Morgan fingerprint density at radius 2 is 2.03 bits per heavy atom. The van der Waals surface area contributed by atoms with Crippen LogP contribution in [0.2, 0.25) is 0 Å². The Morgan fingerprint density at radius 3 is 2.82 bits per heavy atom. The van der Waals surface area contributed by atoms with E-state index in [0.717, 1.165) is 17.8 Å². The second-order valence-electron chi connectivity index (χ2n) is 9.74. The van der Waals surface area contributed by atoms with E-state index in [1.165, 1.54) is 10.4 Å². The highest BCUT2D eigenvalue weighted by atomic mass is 32.2. The summed E-state index contributed by atoms with van der Waals surface area (Å²) < 4.78 is 34.4. The molecule has 2 aromatic rings. The number of ether oxygens (including phenoxy) is 1. The van der Waals surface area contributed by atoms with Gasteiger partial charge in [-0.15, -0.1) is 0 Å². The topological polar surface area (TPSA) is 92.2 Å². The summed E-state index contributed by atoms with van der Waals surface area (Å²) >= 11 is 0. The predicted molar refractivity (Wildman–Crippen MR) is 126 cm³/mol. The number of carbonyl (C=O) groups is 1. The van der Waals surface area contributed by atoms with Crippen LogP contribution in [0.5, 0.6) is 5.88 Å². The molecule has 0 aliphatic carbocycles. The van der Waals surface area contributed by atoms with E-state index in [0.29, 0.717) is 43.3 Å². The van der Waals surface area contributed by atoms with Gasteiger partial charge in [0.2, 0.25) is 21.7 Å². The summed E-state index contributed by atoms with van der Waals surface area (Å²) in [5, 5.41) is 0. The summed E-state index contributed by atoms with van der Waals surface area (Å²) in [6, 6.07) is 10.1. The van der Waals surface area contributed by atoms with Crippen LogP contribution in [0.25, 0.3) is 0 Å². The molecule has 1 saturated heterocycles. The highest BCUT2D eigenvalue weighted by molar-refractivity contribution is 7.89. The Morgan fingerprint density at radius 1 is 1.21 bits per heavy atom. The molecule has 33 heavy (non-hydrogen) atoms. The molecule has 5 rings (SSSR count). The number of aromatic nitrogens is 1. The molecule has 1 fully saturated rings. The fourth-order valence-corrected chi connectivity index (χ4v) is 6.45. The van der Waals surface area contributed by atoms with Crippen LogP contribution in [0.1, 0.15) is 42.7 Å². The van der Waals surface area contributed by atoms with Crippen LogP contribution in [-0.2, 0) is 10.0 Å². The van der Waals surface area contributed by atoms with Crippen LogP contribution in [0.15, 0.2) is 46.3 Å². The van der Waals surface area contributed by atoms with Crippen LogP contribution in [0, 0.1) is 12.3 Å². The molecule has 0 saturated carbocycles. The number of anilines is 1. The number of Topliss-reactive ketones (excluding diaryl/α,β-unsaturated/α-hetero) is 1. The van der Waals surface area contributed by atoms with Crippen molar-refractivity contribution in [2.45, 2.75) is 44.6 Å². The van der Waals surface area contributed by atoms with Gasteiger partial charge in [0.05, 0.1) is 22.2 Å². The van der Waals surface area contributed by atoms with Crippen molar-refractivity contribution in [3.63, 3.8) is 0 Å². The number of hydrogen-bond acceptors (Lipinski definition) is 7. The lowest BCUT2D eigenvalue weighted by Crippen LogP contribution is -2.44. The van der Waals surface area contributed by atoms with Crippen LogP contribution >= 0.6 is 0 Å². The van der Waals surface area contributed by atoms with Gasteiger partial charge in [-0.3, -0.25) is 9.79 Å². The Bertz CT molecular complexity index is 1250. The molecule has 1 aromatic carbocycles. The third kappa shape index (κ3) is 3.93. The van der Waals surface area contributed by atoms with E-state index in [1.807, 2.05) is 24.0 Å². The monoisotopic (exact) mass is 468 g/mol. The first kappa shape index (κ1) is 22.0. The van der Waals surface area contributed by atoms with Crippen LogP contribution in [-0.4, -0.2) is 61.6 Å². The highest BCUT2D eigenvalue weighted by Crippen LogP contribution is 2.37. The van der Waals surface area contributed by atoms with Gasteiger partial charge < -0.3 is 9.64 Å². The van der Waals surface area contributed by atoms with Gasteiger partial charge in [0.15, 0.2) is 5.84 Å². The van der Waals surface area contributed by atoms with E-state index in [9.17, 15) is 13.2 Å². The lowest BCUT2D eigenvalue weighted by Gasteiger charge is -2.34. The molecular weight excluding hydrogens is 440 g/mol. The average molecular weight is 469 g/mol. The number of ketones is 1. The molecule has 174 valence electrons. The van der Waals surface area contributed by atoms with Gasteiger partial charge in [0, 0.05) is 36.8 Å². The molecule has 0 spiro atoms. The van der Waals surface area contributed by atoms with E-state index in [4.69, 9.17) is 4.74 Å². The van der Waals surface area contributed by atoms with Gasteiger partial charge in [-0.1, -0.05) is 19.9 Å². The van der Waals surface area contributed by atoms with E-state index in [2.05, 4.69) is 23.8 Å². The summed E-state index contributed by atoms with van der Waals surface area (Å²) in [6.45, 7) is 8.01. The number of amidine groups is 1. The quantitative estimate of drug-likeness (QED) is 0.670. The minimum Gasteiger partial charge on any atom is -0.476 e. The summed E-state index contributed by atoms with van der Waals surface area (Å²) in [5.41, 5.74) is 1.93. The maximum atomic E-state index is 13.5. The molecule has 0 bridgehead atoms. The molecule has 4 heterocycles. The van der Waals surface area contributed by atoms with E-state index in [-0.39, 0.29) is 28.7 Å². The number of pyridine rings is 1. The molecule has 3 aliphatic rings. The standard InChI is InChI=1S/C24H28N4O4S/c1-16-6-4-8-21(26-16)32-13-17-7-5-11-28(17)33(30,31)18-9-10-20-19(12-18)22(29)23-25-14-24(2,3)15-27(20)23/h4,6,8-10,12,17H,5,7,11,13-15H2,1-3H3/t17-/m0/s1. The smallest absolute Gasteiger partial charge is 0.243 e. The molecule has 8 nitrogen and oxygen atoms in total. The number of carbonyl (C=O) groups excluding carboxylic acids is 1. The molecule has 0 unspecified atom stereocenters. The largest absolute Gasteiger partial charge is 0.476 e. The second-order valence-corrected chi connectivity index (χ2v) is 11.6. The lowest BCUT2D eigenvalue weighted by atomic mass is 9.91. The van der Waals surface area contributed by atoms with Crippen LogP contribution in [0.4, 0.5) is 5.69 Å². The summed E-state index contributed by atoms with van der Waals surface area (Å²) in [7, 11) is -3.78. The maximum absolute atomic E-state index is 13.5. The first-order valence-corrected chi connectivity index (χ1v) is 12.7. The van der Waals surface area contributed by atoms with Crippen LogP contribution < -0.4 is 9.64 Å². The van der Waals surface area contributed by atoms with Gasteiger partial charge in [0.25, 0.3) is 0 Å². The molecule has 0 N–H and O–H groups in total. The first-order valence-electron chi connectivity index (χ1n) is 11.2. The average Bonchev–Trinajstić information content (AvgIpc) is 3.35. The van der Waals surface area contributed by atoms with Crippen molar-refractivity contribution >= 4 is 27.3 Å². The van der Waals surface area contributed by atoms with Crippen LogP contribution in [0.3, 0.4) is 0 Å². The zero-order valence-corrected chi connectivity index (χ0v) is 19.9. The van der Waals surface area contributed by atoms with E-state index in [1.54, 1.807) is 18.2 Å². The summed E-state index contributed by atoms with van der Waals surface area (Å²) in [6.07, 6.45) is 1.48. The van der Waals surface area contributed by atoms with Crippen molar-refractivity contribution in [2.75, 3.05) is 31.1 Å². The van der Waals surface area contributed by atoms with Gasteiger partial charge in [-0.05, 0) is 44.0 Å². The number of benzene rings is 1. The van der Waals surface area contributed by atoms with Crippen molar-refractivity contribution in [2.24, 2.45) is 10.4 Å². The first-order chi connectivity index (χ1) is 15.7. The second kappa shape index (κ2) is 7.92. The Kier molecular flexibility index (Phi) is 5.29. The number of rotatable bonds is 5. The lowest BCUT2D eigenvalue weighted by molar-refractivity contribution is 0.106. The van der Waals surface area contributed by atoms with Crippen molar-refractivity contribution < 1.29 is 17.9 Å². The minimum absolute atomic E-state index is 0.0505. The van der Waals surface area contributed by atoms with Crippen molar-refractivity contribution in [1.29, 1.82) is 0 Å². The third-order valence-electron chi connectivity index (χ3n) is 6.42. The minimum atomic E-state index is -3.78. The highest BCUT2D eigenvalue weighted by Gasteiger charge is 2.42. The van der Waals surface area contributed by atoms with E-state index < -0.39 is 10.0 Å². The Labute approximate surface area is 194 Å². The van der Waals surface area contributed by atoms with E-state index >= 15 is 0 Å². The van der Waals surface area contributed by atoms with Crippen molar-refractivity contribution in [1.82, 2.24) is 9.29 Å². The molecular formula is C24H28N4O4S. The maximum Gasteiger partial charge on any atom is 0.243 e. The summed E-state index contributed by atoms with van der Waals surface area (Å²) in [5.74, 6) is 0.698. The normalized spacial score (nSPS) is 22.2. The van der Waals surface area contributed by atoms with Gasteiger partial charge in [0.1, 0.15) is 6.61 Å². The number of aliphatic imine (C=N–C) groups is 1. The zero-order valence-electron chi connectivity index (χ0n) is 19.1. The molecule has 1 atom stereocenters. The number of fused-ring (bicyclic) bond motifs is 3. The molecule has 9 heteroatoms. The van der Waals surface area contributed by atoms with Crippen molar-refractivity contribution in [3.8, 4) is 5.88 Å². The van der Waals surface area contributed by atoms with Crippen molar-refractivity contribution in [3.05, 3.63) is 47.7 Å². The molecule has 1 aromatic heterocycles. The van der Waals surface area contributed by atoms with Gasteiger partial charge in [-0.25, -0.2) is 13.4 Å². The molecule has 0 amide bonds. The number of aryl methyl sites for hydroxylation is 1. The zero-order chi connectivity index (χ0) is 23.4. The number of hydrogen-bond donors (Lipinski definition) is 0. The Balaban J connectivity index is 1.39. The summed E-state index contributed by atoms with van der Waals surface area (Å²) in [4.78, 5) is 23.9. The Hall–Kier alpha value is -2.78. The predicted octanol–water partition coefficient (Wildman–Crippen LogP) is 3.06. The van der Waals surface area contributed by atoms with Gasteiger partial charge in [-0.2, -0.15) is 4.31 Å². The fraction of sp³-hybridized carbons (Fsp3) is 0.458. The third-order valence-corrected chi connectivity index (χ3v) is 8.37. The fourth-order valence-electron chi connectivity index (χ4n) is 4.74. The number of sulfonamides is 1.